The zero-order valence-electron chi connectivity index (χ0n) is 24.3. The number of phenolic OH excluding ortho intramolecular Hbond substituents is 1. The molecule has 1 aromatic carbocycles. The highest BCUT2D eigenvalue weighted by atomic mass is 19.1. The predicted molar refractivity (Wildman–Crippen MR) is 139 cm³/mol. The van der Waals surface area contributed by atoms with Crippen molar-refractivity contribution in [1.29, 1.82) is 0 Å². The van der Waals surface area contributed by atoms with E-state index in [1.54, 1.807) is 12.1 Å². The van der Waals surface area contributed by atoms with Crippen molar-refractivity contribution in [3.63, 3.8) is 0 Å². The first-order valence-corrected chi connectivity index (χ1v) is 12.9. The topological polar surface area (TPSA) is 96.3 Å². The number of aromatic hydroxyl groups is 1. The third-order valence-corrected chi connectivity index (χ3v) is 8.22. The van der Waals surface area contributed by atoms with Crippen molar-refractivity contribution in [1.82, 2.24) is 25.5 Å². The van der Waals surface area contributed by atoms with Gasteiger partial charge in [-0.3, -0.25) is 0 Å². The van der Waals surface area contributed by atoms with E-state index in [4.69, 9.17) is 8.85 Å². The number of hydrogen-bond donors (Lipinski definition) is 2. The molecule has 0 spiro atoms. The number of hydrogen-bond acceptors (Lipinski definition) is 8. The Hall–Kier alpha value is -3.40. The normalized spacial score (nSPS) is 30.2. The number of phenols is 1. The fraction of sp³-hybridized carbons (Fsp3) is 0.500. The predicted octanol–water partition coefficient (Wildman–Crippen LogP) is 4.82. The molecule has 2 saturated heterocycles. The van der Waals surface area contributed by atoms with Gasteiger partial charge in [0.15, 0.2) is 0 Å². The van der Waals surface area contributed by atoms with Gasteiger partial charge in [-0.1, -0.05) is 6.07 Å². The maximum Gasteiger partial charge on any atom is 0.245 e. The fourth-order valence-corrected chi connectivity index (χ4v) is 6.31. The number of rotatable bonds is 6. The van der Waals surface area contributed by atoms with E-state index in [9.17, 15) is 9.50 Å². The minimum atomic E-state index is -2.74. The Bertz CT molecular complexity index is 1460. The smallest absolute Gasteiger partial charge is 0.245 e. The van der Waals surface area contributed by atoms with Crippen LogP contribution in [0.25, 0.3) is 22.4 Å². The number of aromatic nitrogens is 4. The summed E-state index contributed by atoms with van der Waals surface area (Å²) in [5.74, 6) is -0.813. The van der Waals surface area contributed by atoms with Gasteiger partial charge in [0.05, 0.1) is 29.6 Å². The van der Waals surface area contributed by atoms with Crippen LogP contribution in [0.15, 0.2) is 36.7 Å². The highest BCUT2D eigenvalue weighted by Crippen LogP contribution is 2.46. The van der Waals surface area contributed by atoms with Crippen LogP contribution in [0.3, 0.4) is 0 Å². The third kappa shape index (κ3) is 4.34. The monoisotopic (exact) mass is 525 g/mol. The van der Waals surface area contributed by atoms with E-state index in [1.165, 1.54) is 12.3 Å². The van der Waals surface area contributed by atoms with Crippen LogP contribution >= 0.6 is 0 Å². The highest BCUT2D eigenvalue weighted by molar-refractivity contribution is 5.74. The molecular formula is C28H32F2N6O2. The van der Waals surface area contributed by atoms with Gasteiger partial charge in [-0.2, -0.15) is 0 Å². The summed E-state index contributed by atoms with van der Waals surface area (Å²) in [4.78, 5) is 10.2. The van der Waals surface area contributed by atoms with E-state index in [0.29, 0.717) is 23.6 Å². The van der Waals surface area contributed by atoms with E-state index >= 15 is 4.39 Å². The average molecular weight is 526 g/mol. The van der Waals surface area contributed by atoms with Crippen molar-refractivity contribution in [2.75, 3.05) is 11.9 Å². The summed E-state index contributed by atoms with van der Waals surface area (Å²) in [5, 5.41) is 23.1. The van der Waals surface area contributed by atoms with Crippen LogP contribution in [0.1, 0.15) is 56.5 Å². The standard InChI is InChI=1S/C28H32F2N6O2/c1-27-9-4-10-28(2,35-27)25(30)22(13-27)36(17-6-7-17)26-32-15-21(33-34-26)18-8-5-16(11-23(18)37)19-12-24(38-3)31-14-20(19)29/h5,8,11-12,14-15,17,22,25,35,37H,4,6-7,9-10,13H2,1-3H3/t22-,25-,27-,28+/m1/s1/i3D3. The van der Waals surface area contributed by atoms with Crippen molar-refractivity contribution < 1.29 is 22.7 Å². The van der Waals surface area contributed by atoms with Crippen LogP contribution in [0, 0.1) is 5.82 Å². The van der Waals surface area contributed by atoms with E-state index in [0.717, 1.165) is 44.4 Å². The van der Waals surface area contributed by atoms with Crippen molar-refractivity contribution in [2.24, 2.45) is 0 Å². The van der Waals surface area contributed by atoms with Crippen molar-refractivity contribution >= 4 is 5.95 Å². The molecule has 200 valence electrons. The van der Waals surface area contributed by atoms with Gasteiger partial charge >= 0.3 is 0 Å². The molecule has 10 heteroatoms. The molecule has 2 N–H and O–H groups in total. The molecule has 3 aliphatic rings. The van der Waals surface area contributed by atoms with Gasteiger partial charge < -0.3 is 20.1 Å². The number of ether oxygens (including phenoxy) is 1. The molecule has 4 atom stereocenters. The summed E-state index contributed by atoms with van der Waals surface area (Å²) in [6, 6.07) is 5.40. The number of alkyl halides is 1. The Morgan fingerprint density at radius 3 is 2.68 bits per heavy atom. The lowest BCUT2D eigenvalue weighted by Gasteiger charge is -2.57. The largest absolute Gasteiger partial charge is 0.507 e. The van der Waals surface area contributed by atoms with Gasteiger partial charge in [-0.15, -0.1) is 10.2 Å². The molecule has 3 fully saturated rings. The van der Waals surface area contributed by atoms with Crippen LogP contribution in [0.5, 0.6) is 11.6 Å². The second kappa shape index (κ2) is 9.11. The molecule has 0 amide bonds. The third-order valence-electron chi connectivity index (χ3n) is 8.22. The lowest BCUT2D eigenvalue weighted by Crippen LogP contribution is -2.73. The average Bonchev–Trinajstić information content (AvgIpc) is 3.73. The minimum Gasteiger partial charge on any atom is -0.507 e. The number of anilines is 1. The van der Waals surface area contributed by atoms with Gasteiger partial charge in [0.2, 0.25) is 11.8 Å². The molecule has 1 aliphatic carbocycles. The number of halogens is 2. The second-order valence-corrected chi connectivity index (χ2v) is 11.2. The van der Waals surface area contributed by atoms with Gasteiger partial charge in [-0.05, 0) is 70.1 Å². The number of nitrogens with one attached hydrogen (secondary N) is 1. The number of nitrogens with zero attached hydrogens (tertiary/aromatic N) is 5. The first-order valence-electron chi connectivity index (χ1n) is 14.4. The van der Waals surface area contributed by atoms with E-state index in [-0.39, 0.29) is 40.4 Å². The Kier molecular flexibility index (Phi) is 5.16. The Labute approximate surface area is 224 Å². The van der Waals surface area contributed by atoms with Crippen LogP contribution in [0.2, 0.25) is 0 Å². The van der Waals surface area contributed by atoms with Crippen LogP contribution < -0.4 is 15.0 Å². The molecule has 38 heavy (non-hydrogen) atoms. The summed E-state index contributed by atoms with van der Waals surface area (Å²) in [6.45, 7) is 4.14. The van der Waals surface area contributed by atoms with Crippen molar-refractivity contribution in [3.05, 3.63) is 42.5 Å². The van der Waals surface area contributed by atoms with Crippen molar-refractivity contribution in [2.45, 2.75) is 81.7 Å². The van der Waals surface area contributed by atoms with E-state index in [2.05, 4.69) is 32.4 Å². The molecule has 1 saturated carbocycles. The van der Waals surface area contributed by atoms with Crippen molar-refractivity contribution in [3.8, 4) is 34.0 Å². The highest BCUT2D eigenvalue weighted by Gasteiger charge is 2.56. The molecule has 8 nitrogen and oxygen atoms in total. The van der Waals surface area contributed by atoms with Crippen LogP contribution in [-0.4, -0.2) is 61.6 Å². The molecule has 2 aromatic heterocycles. The quantitative estimate of drug-likeness (QED) is 0.473. The van der Waals surface area contributed by atoms with Gasteiger partial charge in [-0.25, -0.2) is 18.7 Å². The summed E-state index contributed by atoms with van der Waals surface area (Å²) in [7, 11) is -2.74. The first kappa shape index (κ1) is 21.5. The summed E-state index contributed by atoms with van der Waals surface area (Å²) in [5.41, 5.74) is 0.168. The van der Waals surface area contributed by atoms with Gasteiger partial charge in [0.1, 0.15) is 23.4 Å². The van der Waals surface area contributed by atoms with Gasteiger partial charge in [0.25, 0.3) is 0 Å². The first-order chi connectivity index (χ1) is 19.3. The fourth-order valence-electron chi connectivity index (χ4n) is 6.31. The molecular weight excluding hydrogens is 490 g/mol. The lowest BCUT2D eigenvalue weighted by molar-refractivity contribution is 0.0000874. The number of fused-ring (bicyclic) bond motifs is 2. The van der Waals surface area contributed by atoms with Crippen LogP contribution in [-0.2, 0) is 0 Å². The Balaban J connectivity index is 1.26. The number of methoxy groups -OCH3 is 1. The number of pyridine rings is 1. The summed E-state index contributed by atoms with van der Waals surface area (Å²) in [6.07, 6.45) is 6.59. The molecule has 6 rings (SSSR count). The summed E-state index contributed by atoms with van der Waals surface area (Å²) < 4.78 is 57.0. The zero-order valence-corrected chi connectivity index (χ0v) is 21.3. The number of benzene rings is 1. The molecule has 0 unspecified atom stereocenters. The van der Waals surface area contributed by atoms with Crippen LogP contribution in [0.4, 0.5) is 14.7 Å². The minimum absolute atomic E-state index is 0.00985. The maximum atomic E-state index is 16.0. The van der Waals surface area contributed by atoms with Gasteiger partial charge in [0, 0.05) is 34.3 Å². The van der Waals surface area contributed by atoms with E-state index in [1.807, 2.05) is 11.8 Å². The number of piperidine rings is 2. The summed E-state index contributed by atoms with van der Waals surface area (Å²) >= 11 is 0. The zero-order chi connectivity index (χ0) is 29.2. The molecule has 3 aromatic rings. The lowest BCUT2D eigenvalue weighted by atomic mass is 9.68. The molecule has 4 heterocycles. The van der Waals surface area contributed by atoms with E-state index < -0.39 is 24.6 Å². The molecule has 0 radical (unpaired) electrons. The Morgan fingerprint density at radius 2 is 1.97 bits per heavy atom. The molecule has 2 aliphatic heterocycles. The second-order valence-electron chi connectivity index (χ2n) is 11.2. The Morgan fingerprint density at radius 1 is 1.13 bits per heavy atom. The SMILES string of the molecule is [2H]C([2H])([2H])Oc1cc(-c2ccc(-c3cnc(N(C4CC4)[C@@H]4C[C@@]5(C)CCC[C@](C)(N5)[C@@H]4F)nn3)c(O)c2)c(F)cn1. The molecule has 2 bridgehead atoms. The maximum absolute atomic E-state index is 16.0.